The summed E-state index contributed by atoms with van der Waals surface area (Å²) < 4.78 is 9.84. The van der Waals surface area contributed by atoms with Crippen molar-refractivity contribution in [3.8, 4) is 0 Å². The molecule has 0 amide bonds. The van der Waals surface area contributed by atoms with Crippen LogP contribution in [-0.4, -0.2) is 24.6 Å². The molecule has 4 heteroatoms. The summed E-state index contributed by atoms with van der Waals surface area (Å²) in [5.41, 5.74) is 0. The van der Waals surface area contributed by atoms with Crippen molar-refractivity contribution in [2.24, 2.45) is 11.8 Å². The quantitative estimate of drug-likeness (QED) is 0.638. The van der Waals surface area contributed by atoms with Crippen LogP contribution in [0.25, 0.3) is 0 Å². The number of esters is 2. The third kappa shape index (κ3) is 3.36. The molecule has 2 unspecified atom stereocenters. The van der Waals surface area contributed by atoms with E-state index in [0.717, 1.165) is 6.42 Å². The second kappa shape index (κ2) is 4.44. The van der Waals surface area contributed by atoms with E-state index in [1.165, 1.54) is 6.92 Å². The van der Waals surface area contributed by atoms with Gasteiger partial charge in [0.25, 0.3) is 0 Å². The zero-order valence-electron chi connectivity index (χ0n) is 8.78. The van der Waals surface area contributed by atoms with E-state index in [0.29, 0.717) is 6.61 Å². The van der Waals surface area contributed by atoms with Crippen LogP contribution in [0.2, 0.25) is 0 Å². The van der Waals surface area contributed by atoms with Crippen LogP contribution in [0.3, 0.4) is 0 Å². The maximum absolute atomic E-state index is 11.3. The number of ether oxygens (including phenoxy) is 2. The lowest BCUT2D eigenvalue weighted by molar-refractivity contribution is -0.150. The van der Waals surface area contributed by atoms with E-state index in [2.05, 4.69) is 0 Å². The molecule has 4 nitrogen and oxygen atoms in total. The number of rotatable bonds is 4. The molecule has 0 saturated heterocycles. The predicted octanol–water partition coefficient (Wildman–Crippen LogP) is 1.14. The molecule has 0 aromatic carbocycles. The normalized spacial score (nSPS) is 24.6. The average Bonchev–Trinajstić information content (AvgIpc) is 2.78. The highest BCUT2D eigenvalue weighted by Gasteiger charge is 2.45. The summed E-state index contributed by atoms with van der Waals surface area (Å²) in [5, 5.41) is 0. The van der Waals surface area contributed by atoms with Crippen LogP contribution < -0.4 is 0 Å². The summed E-state index contributed by atoms with van der Waals surface area (Å²) in [6.45, 7) is 5.35. The van der Waals surface area contributed by atoms with Crippen molar-refractivity contribution >= 4 is 11.9 Å². The van der Waals surface area contributed by atoms with Crippen LogP contribution in [0.4, 0.5) is 0 Å². The smallest absolute Gasteiger partial charge is 0.309 e. The Morgan fingerprint density at radius 2 is 2.07 bits per heavy atom. The zero-order chi connectivity index (χ0) is 10.7. The highest BCUT2D eigenvalue weighted by molar-refractivity contribution is 5.76. The molecular formula is C10H16O4. The van der Waals surface area contributed by atoms with E-state index in [4.69, 9.17) is 9.47 Å². The summed E-state index contributed by atoms with van der Waals surface area (Å²) in [5.74, 6) is -0.355. The van der Waals surface area contributed by atoms with E-state index < -0.39 is 0 Å². The maximum Gasteiger partial charge on any atom is 0.309 e. The molecule has 0 aliphatic heterocycles. The maximum atomic E-state index is 11.3. The van der Waals surface area contributed by atoms with Gasteiger partial charge in [0.15, 0.2) is 0 Å². The molecule has 0 heterocycles. The molecule has 1 aliphatic carbocycles. The lowest BCUT2D eigenvalue weighted by atomic mass is 10.3. The third-order valence-electron chi connectivity index (χ3n) is 2.08. The van der Waals surface area contributed by atoms with Crippen LogP contribution >= 0.6 is 0 Å². The van der Waals surface area contributed by atoms with Crippen molar-refractivity contribution in [2.75, 3.05) is 6.61 Å². The molecule has 2 atom stereocenters. The first-order chi connectivity index (χ1) is 6.50. The molecule has 0 bridgehead atoms. The van der Waals surface area contributed by atoms with Gasteiger partial charge in [-0.15, -0.1) is 0 Å². The molecule has 0 aromatic heterocycles. The van der Waals surface area contributed by atoms with Crippen LogP contribution in [-0.2, 0) is 19.1 Å². The summed E-state index contributed by atoms with van der Waals surface area (Å²) in [6.07, 6.45) is 0.705. The van der Waals surface area contributed by atoms with Gasteiger partial charge in [0, 0.05) is 12.8 Å². The minimum absolute atomic E-state index is 0.0586. The molecule has 1 fully saturated rings. The first kappa shape index (κ1) is 11.0. The summed E-state index contributed by atoms with van der Waals surface area (Å²) in [4.78, 5) is 21.8. The Labute approximate surface area is 83.6 Å². The zero-order valence-corrected chi connectivity index (χ0v) is 8.78. The van der Waals surface area contributed by atoms with Gasteiger partial charge in [-0.1, -0.05) is 0 Å². The van der Waals surface area contributed by atoms with E-state index in [1.54, 1.807) is 0 Å². The fraction of sp³-hybridized carbons (Fsp3) is 0.800. The summed E-state index contributed by atoms with van der Waals surface area (Å²) in [6, 6.07) is 0. The molecule has 1 saturated carbocycles. The number of carbonyl (C=O) groups excluding carboxylic acids is 2. The van der Waals surface area contributed by atoms with Crippen molar-refractivity contribution in [1.29, 1.82) is 0 Å². The fourth-order valence-electron chi connectivity index (χ4n) is 1.26. The molecule has 0 N–H and O–H groups in total. The summed E-state index contributed by atoms with van der Waals surface area (Å²) in [7, 11) is 0. The molecule has 0 radical (unpaired) electrons. The lowest BCUT2D eigenvalue weighted by Crippen LogP contribution is -2.15. The van der Waals surface area contributed by atoms with Gasteiger partial charge in [-0.25, -0.2) is 0 Å². The van der Waals surface area contributed by atoms with Gasteiger partial charge in [-0.2, -0.15) is 0 Å². The topological polar surface area (TPSA) is 52.6 Å². The third-order valence-corrected chi connectivity index (χ3v) is 2.08. The summed E-state index contributed by atoms with van der Waals surface area (Å²) >= 11 is 0. The van der Waals surface area contributed by atoms with Gasteiger partial charge in [-0.05, 0) is 20.3 Å². The monoisotopic (exact) mass is 200 g/mol. The van der Waals surface area contributed by atoms with Crippen molar-refractivity contribution in [1.82, 2.24) is 0 Å². The van der Waals surface area contributed by atoms with Gasteiger partial charge in [0.2, 0.25) is 0 Å². The minimum Gasteiger partial charge on any atom is -0.466 e. The molecule has 1 rings (SSSR count). The number of hydrogen-bond donors (Lipinski definition) is 0. The largest absolute Gasteiger partial charge is 0.466 e. The van der Waals surface area contributed by atoms with Gasteiger partial charge >= 0.3 is 11.9 Å². The van der Waals surface area contributed by atoms with Crippen LogP contribution in [0, 0.1) is 11.8 Å². The average molecular weight is 200 g/mol. The fourth-order valence-corrected chi connectivity index (χ4v) is 1.26. The van der Waals surface area contributed by atoms with Crippen LogP contribution in [0.15, 0.2) is 0 Å². The Balaban J connectivity index is 2.18. The highest BCUT2D eigenvalue weighted by Crippen LogP contribution is 2.39. The van der Waals surface area contributed by atoms with Crippen molar-refractivity contribution < 1.29 is 19.1 Å². The minimum atomic E-state index is -0.298. The van der Waals surface area contributed by atoms with Crippen molar-refractivity contribution in [3.05, 3.63) is 0 Å². The predicted molar refractivity (Wildman–Crippen MR) is 49.5 cm³/mol. The van der Waals surface area contributed by atoms with E-state index >= 15 is 0 Å². The van der Waals surface area contributed by atoms with Gasteiger partial charge in [0.1, 0.15) is 0 Å². The molecule has 80 valence electrons. The first-order valence-corrected chi connectivity index (χ1v) is 4.84. The molecular weight excluding hydrogens is 184 g/mol. The standard InChI is InChI=1S/C10H16O4/c1-6(2)14-10(12)9-4-8(9)5-13-7(3)11/h6,8-9H,4-5H2,1-3H3. The van der Waals surface area contributed by atoms with Crippen molar-refractivity contribution in [2.45, 2.75) is 33.3 Å². The second-order valence-corrected chi connectivity index (χ2v) is 3.89. The SMILES string of the molecule is CC(=O)OCC1CC1C(=O)OC(C)C. The van der Waals surface area contributed by atoms with E-state index in [-0.39, 0.29) is 29.9 Å². The van der Waals surface area contributed by atoms with E-state index in [9.17, 15) is 9.59 Å². The first-order valence-electron chi connectivity index (χ1n) is 4.84. The molecule has 1 aliphatic rings. The van der Waals surface area contributed by atoms with Crippen LogP contribution in [0.5, 0.6) is 0 Å². The second-order valence-electron chi connectivity index (χ2n) is 3.89. The van der Waals surface area contributed by atoms with Gasteiger partial charge < -0.3 is 9.47 Å². The molecule has 0 aromatic rings. The van der Waals surface area contributed by atoms with Crippen molar-refractivity contribution in [3.63, 3.8) is 0 Å². The van der Waals surface area contributed by atoms with Gasteiger partial charge in [-0.3, -0.25) is 9.59 Å². The Bertz CT molecular complexity index is 234. The number of hydrogen-bond acceptors (Lipinski definition) is 4. The van der Waals surface area contributed by atoms with Crippen LogP contribution in [0.1, 0.15) is 27.2 Å². The highest BCUT2D eigenvalue weighted by atomic mass is 16.5. The Morgan fingerprint density at radius 3 is 2.57 bits per heavy atom. The molecule has 14 heavy (non-hydrogen) atoms. The Morgan fingerprint density at radius 1 is 1.43 bits per heavy atom. The molecule has 0 spiro atoms. The lowest BCUT2D eigenvalue weighted by Gasteiger charge is -2.07. The number of carbonyl (C=O) groups is 2. The Kier molecular flexibility index (Phi) is 3.49. The van der Waals surface area contributed by atoms with Gasteiger partial charge in [0.05, 0.1) is 18.6 Å². The Hall–Kier alpha value is -1.06. The van der Waals surface area contributed by atoms with E-state index in [1.807, 2.05) is 13.8 Å².